The minimum Gasteiger partial charge on any atom is -0.461 e. The van der Waals surface area contributed by atoms with Crippen molar-refractivity contribution in [2.45, 2.75) is 18.6 Å². The SMILES string of the molecule is CCn1c(SCC(=O)Nc2cccc(Cl)c2)nnc1-c1ccco1. The normalized spacial score (nSPS) is 10.8. The van der Waals surface area contributed by atoms with Gasteiger partial charge in [0.15, 0.2) is 16.7 Å². The number of amides is 1. The molecule has 124 valence electrons. The number of carbonyl (C=O) groups excluding carboxylic acids is 1. The third kappa shape index (κ3) is 3.80. The molecule has 0 spiro atoms. The molecule has 0 radical (unpaired) electrons. The van der Waals surface area contributed by atoms with E-state index >= 15 is 0 Å². The molecule has 1 amide bonds. The molecule has 8 heteroatoms. The molecule has 1 N–H and O–H groups in total. The van der Waals surface area contributed by atoms with Gasteiger partial charge in [-0.3, -0.25) is 9.36 Å². The highest BCUT2D eigenvalue weighted by atomic mass is 35.5. The standard InChI is InChI=1S/C16H15ClN4O2S/c1-2-21-15(13-7-4-8-23-13)19-20-16(21)24-10-14(22)18-12-6-3-5-11(17)9-12/h3-9H,2,10H2,1H3,(H,18,22). The van der Waals surface area contributed by atoms with Crippen molar-refractivity contribution in [3.8, 4) is 11.6 Å². The Morgan fingerprint density at radius 1 is 1.33 bits per heavy atom. The topological polar surface area (TPSA) is 73.0 Å². The second-order valence-corrected chi connectivity index (χ2v) is 6.25. The van der Waals surface area contributed by atoms with Gasteiger partial charge in [-0.05, 0) is 37.3 Å². The molecule has 3 rings (SSSR count). The number of hydrogen-bond acceptors (Lipinski definition) is 5. The van der Waals surface area contributed by atoms with Gasteiger partial charge in [0.1, 0.15) is 0 Å². The van der Waals surface area contributed by atoms with E-state index in [0.29, 0.717) is 34.0 Å². The maximum Gasteiger partial charge on any atom is 0.234 e. The first-order valence-corrected chi connectivity index (χ1v) is 8.69. The van der Waals surface area contributed by atoms with Gasteiger partial charge in [-0.2, -0.15) is 0 Å². The molecule has 0 unspecified atom stereocenters. The molecular formula is C16H15ClN4O2S. The molecule has 3 aromatic rings. The Bertz CT molecular complexity index is 832. The number of benzene rings is 1. The predicted molar refractivity (Wildman–Crippen MR) is 94.2 cm³/mol. The lowest BCUT2D eigenvalue weighted by Crippen LogP contribution is -2.14. The molecule has 0 aliphatic rings. The molecule has 2 heterocycles. The number of anilines is 1. The molecule has 2 aromatic heterocycles. The van der Waals surface area contributed by atoms with Crippen molar-refractivity contribution in [3.05, 3.63) is 47.7 Å². The maximum absolute atomic E-state index is 12.1. The highest BCUT2D eigenvalue weighted by Gasteiger charge is 2.16. The summed E-state index contributed by atoms with van der Waals surface area (Å²) < 4.78 is 7.28. The molecule has 0 saturated heterocycles. The Hall–Kier alpha value is -2.25. The van der Waals surface area contributed by atoms with Gasteiger partial charge in [-0.25, -0.2) is 0 Å². The van der Waals surface area contributed by atoms with Gasteiger partial charge >= 0.3 is 0 Å². The van der Waals surface area contributed by atoms with Crippen LogP contribution in [0.5, 0.6) is 0 Å². The zero-order chi connectivity index (χ0) is 16.9. The molecule has 0 fully saturated rings. The largest absolute Gasteiger partial charge is 0.461 e. The zero-order valence-corrected chi connectivity index (χ0v) is 14.5. The van der Waals surface area contributed by atoms with Gasteiger partial charge in [-0.15, -0.1) is 10.2 Å². The van der Waals surface area contributed by atoms with Crippen LogP contribution in [0.3, 0.4) is 0 Å². The van der Waals surface area contributed by atoms with Crippen molar-refractivity contribution in [3.63, 3.8) is 0 Å². The van der Waals surface area contributed by atoms with Crippen molar-refractivity contribution >= 4 is 35.0 Å². The summed E-state index contributed by atoms with van der Waals surface area (Å²) in [5.74, 6) is 1.40. The number of furan rings is 1. The van der Waals surface area contributed by atoms with Crippen LogP contribution in [0.25, 0.3) is 11.6 Å². The van der Waals surface area contributed by atoms with Crippen molar-refractivity contribution in [1.82, 2.24) is 14.8 Å². The van der Waals surface area contributed by atoms with Crippen LogP contribution in [0, 0.1) is 0 Å². The minimum atomic E-state index is -0.132. The monoisotopic (exact) mass is 362 g/mol. The summed E-state index contributed by atoms with van der Waals surface area (Å²) in [4.78, 5) is 12.1. The lowest BCUT2D eigenvalue weighted by molar-refractivity contribution is -0.113. The third-order valence-corrected chi connectivity index (χ3v) is 4.42. The lowest BCUT2D eigenvalue weighted by Gasteiger charge is -2.07. The first-order valence-electron chi connectivity index (χ1n) is 7.32. The first-order chi connectivity index (χ1) is 11.7. The van der Waals surface area contributed by atoms with E-state index in [-0.39, 0.29) is 11.7 Å². The van der Waals surface area contributed by atoms with Gasteiger partial charge in [-0.1, -0.05) is 29.4 Å². The van der Waals surface area contributed by atoms with Crippen LogP contribution in [-0.2, 0) is 11.3 Å². The Morgan fingerprint density at radius 3 is 2.92 bits per heavy atom. The van der Waals surface area contributed by atoms with Gasteiger partial charge in [0.05, 0.1) is 12.0 Å². The van der Waals surface area contributed by atoms with Gasteiger partial charge in [0.2, 0.25) is 5.91 Å². The maximum atomic E-state index is 12.1. The fraction of sp³-hybridized carbons (Fsp3) is 0.188. The summed E-state index contributed by atoms with van der Waals surface area (Å²) >= 11 is 7.23. The van der Waals surface area contributed by atoms with E-state index in [0.717, 1.165) is 0 Å². The summed E-state index contributed by atoms with van der Waals surface area (Å²) in [5, 5.41) is 12.4. The summed E-state index contributed by atoms with van der Waals surface area (Å²) in [6, 6.07) is 10.7. The van der Waals surface area contributed by atoms with Crippen LogP contribution < -0.4 is 5.32 Å². The number of aromatic nitrogens is 3. The second-order valence-electron chi connectivity index (χ2n) is 4.87. The Kier molecular flexibility index (Phi) is 5.22. The second kappa shape index (κ2) is 7.55. The molecule has 24 heavy (non-hydrogen) atoms. The number of rotatable bonds is 6. The molecule has 6 nitrogen and oxygen atoms in total. The van der Waals surface area contributed by atoms with E-state index in [1.54, 1.807) is 36.6 Å². The van der Waals surface area contributed by atoms with Gasteiger partial charge in [0.25, 0.3) is 0 Å². The van der Waals surface area contributed by atoms with Gasteiger partial charge < -0.3 is 9.73 Å². The molecule has 0 saturated carbocycles. The third-order valence-electron chi connectivity index (χ3n) is 3.22. The van der Waals surface area contributed by atoms with Crippen LogP contribution in [-0.4, -0.2) is 26.4 Å². The van der Waals surface area contributed by atoms with E-state index in [2.05, 4.69) is 15.5 Å². The number of nitrogens with one attached hydrogen (secondary N) is 1. The van der Waals surface area contributed by atoms with E-state index in [4.69, 9.17) is 16.0 Å². The predicted octanol–water partition coefficient (Wildman–Crippen LogP) is 3.94. The summed E-state index contributed by atoms with van der Waals surface area (Å²) in [7, 11) is 0. The lowest BCUT2D eigenvalue weighted by atomic mass is 10.3. The Balaban J connectivity index is 1.65. The summed E-state index contributed by atoms with van der Waals surface area (Å²) in [5.41, 5.74) is 0.668. The number of carbonyl (C=O) groups is 1. The minimum absolute atomic E-state index is 0.132. The average Bonchev–Trinajstić information content (AvgIpc) is 3.21. The quantitative estimate of drug-likeness (QED) is 0.672. The Labute approximate surface area is 148 Å². The summed E-state index contributed by atoms with van der Waals surface area (Å²) in [6.07, 6.45) is 1.59. The van der Waals surface area contributed by atoms with Crippen molar-refractivity contribution in [2.24, 2.45) is 0 Å². The number of thioether (sulfide) groups is 1. The fourth-order valence-corrected chi connectivity index (χ4v) is 3.15. The van der Waals surface area contributed by atoms with Crippen LogP contribution in [0.4, 0.5) is 5.69 Å². The molecule has 1 aromatic carbocycles. The molecular weight excluding hydrogens is 348 g/mol. The summed E-state index contributed by atoms with van der Waals surface area (Å²) in [6.45, 7) is 2.67. The van der Waals surface area contributed by atoms with E-state index in [9.17, 15) is 4.79 Å². The highest BCUT2D eigenvalue weighted by molar-refractivity contribution is 7.99. The zero-order valence-electron chi connectivity index (χ0n) is 12.9. The van der Waals surface area contributed by atoms with Crippen LogP contribution in [0.15, 0.2) is 52.2 Å². The van der Waals surface area contributed by atoms with E-state index in [1.807, 2.05) is 17.6 Å². The fourth-order valence-electron chi connectivity index (χ4n) is 2.16. The van der Waals surface area contributed by atoms with Crippen molar-refractivity contribution in [1.29, 1.82) is 0 Å². The van der Waals surface area contributed by atoms with Gasteiger partial charge in [0, 0.05) is 17.3 Å². The molecule has 0 aliphatic carbocycles. The first kappa shape index (κ1) is 16.6. The van der Waals surface area contributed by atoms with Crippen LogP contribution >= 0.6 is 23.4 Å². The number of hydrogen-bond donors (Lipinski definition) is 1. The number of nitrogens with zero attached hydrogens (tertiary/aromatic N) is 3. The molecule has 0 atom stereocenters. The van der Waals surface area contributed by atoms with Crippen molar-refractivity contribution in [2.75, 3.05) is 11.1 Å². The average molecular weight is 363 g/mol. The molecule has 0 aliphatic heterocycles. The van der Waals surface area contributed by atoms with E-state index in [1.165, 1.54) is 11.8 Å². The van der Waals surface area contributed by atoms with Crippen molar-refractivity contribution < 1.29 is 9.21 Å². The Morgan fingerprint density at radius 2 is 2.21 bits per heavy atom. The van der Waals surface area contributed by atoms with E-state index < -0.39 is 0 Å². The highest BCUT2D eigenvalue weighted by Crippen LogP contribution is 2.24. The number of halogens is 1. The van der Waals surface area contributed by atoms with Crippen LogP contribution in [0.2, 0.25) is 5.02 Å². The van der Waals surface area contributed by atoms with Crippen LogP contribution in [0.1, 0.15) is 6.92 Å². The molecule has 0 bridgehead atoms. The smallest absolute Gasteiger partial charge is 0.234 e.